The SMILES string of the molecule is CCNCc1sc(S(=O)(=O)NC2CCSCC2)cc1C. The fraction of sp³-hybridized carbons (Fsp3) is 0.692. The number of thioether (sulfide) groups is 1. The summed E-state index contributed by atoms with van der Waals surface area (Å²) >= 11 is 3.27. The largest absolute Gasteiger partial charge is 0.312 e. The topological polar surface area (TPSA) is 58.2 Å². The molecule has 1 aliphatic rings. The predicted octanol–water partition coefficient (Wildman–Crippen LogP) is 2.34. The molecule has 7 heteroatoms. The zero-order valence-electron chi connectivity index (χ0n) is 11.9. The first-order chi connectivity index (χ1) is 9.53. The lowest BCUT2D eigenvalue weighted by Crippen LogP contribution is -2.36. The van der Waals surface area contributed by atoms with E-state index in [1.54, 1.807) is 6.07 Å². The number of thiophene rings is 1. The van der Waals surface area contributed by atoms with Crippen LogP contribution in [-0.2, 0) is 16.6 Å². The second-order valence-corrected chi connectivity index (χ2v) is 9.26. The Labute approximate surface area is 129 Å². The lowest BCUT2D eigenvalue weighted by atomic mass is 10.2. The van der Waals surface area contributed by atoms with Gasteiger partial charge in [-0.3, -0.25) is 0 Å². The molecular weight excluding hydrogens is 312 g/mol. The number of aryl methyl sites for hydroxylation is 1. The maximum absolute atomic E-state index is 12.4. The monoisotopic (exact) mass is 334 g/mol. The minimum atomic E-state index is -3.36. The van der Waals surface area contributed by atoms with Crippen molar-refractivity contribution in [2.75, 3.05) is 18.1 Å². The van der Waals surface area contributed by atoms with Crippen LogP contribution in [0, 0.1) is 6.92 Å². The Morgan fingerprint density at radius 2 is 2.05 bits per heavy atom. The molecule has 0 saturated carbocycles. The normalized spacial score (nSPS) is 17.5. The van der Waals surface area contributed by atoms with Gasteiger partial charge >= 0.3 is 0 Å². The Morgan fingerprint density at radius 1 is 1.35 bits per heavy atom. The van der Waals surface area contributed by atoms with Crippen molar-refractivity contribution in [1.29, 1.82) is 0 Å². The van der Waals surface area contributed by atoms with E-state index in [-0.39, 0.29) is 6.04 Å². The van der Waals surface area contributed by atoms with Gasteiger partial charge in [-0.2, -0.15) is 11.8 Å². The van der Waals surface area contributed by atoms with Crippen LogP contribution in [0.1, 0.15) is 30.2 Å². The van der Waals surface area contributed by atoms with Gasteiger partial charge in [0.25, 0.3) is 0 Å². The Bertz CT molecular complexity index is 534. The van der Waals surface area contributed by atoms with Crippen LogP contribution in [0.3, 0.4) is 0 Å². The number of hydrogen-bond donors (Lipinski definition) is 2. The van der Waals surface area contributed by atoms with E-state index >= 15 is 0 Å². The first kappa shape index (κ1) is 16.3. The molecule has 1 aliphatic heterocycles. The maximum atomic E-state index is 12.4. The molecule has 1 fully saturated rings. The molecule has 0 radical (unpaired) electrons. The van der Waals surface area contributed by atoms with E-state index in [1.807, 2.05) is 25.6 Å². The molecule has 1 aromatic heterocycles. The van der Waals surface area contributed by atoms with Crippen molar-refractivity contribution >= 4 is 33.1 Å². The third-order valence-corrected chi connectivity index (χ3v) is 7.62. The quantitative estimate of drug-likeness (QED) is 0.838. The molecule has 0 aromatic carbocycles. The Balaban J connectivity index is 2.08. The van der Waals surface area contributed by atoms with Gasteiger partial charge in [-0.25, -0.2) is 13.1 Å². The molecule has 0 bridgehead atoms. The Morgan fingerprint density at radius 3 is 2.70 bits per heavy atom. The van der Waals surface area contributed by atoms with Crippen molar-refractivity contribution in [3.05, 3.63) is 16.5 Å². The van der Waals surface area contributed by atoms with E-state index < -0.39 is 10.0 Å². The van der Waals surface area contributed by atoms with Crippen molar-refractivity contribution < 1.29 is 8.42 Å². The number of hydrogen-bond acceptors (Lipinski definition) is 5. The van der Waals surface area contributed by atoms with Crippen molar-refractivity contribution in [3.63, 3.8) is 0 Å². The molecule has 2 rings (SSSR count). The summed E-state index contributed by atoms with van der Waals surface area (Å²) in [5.74, 6) is 2.09. The zero-order chi connectivity index (χ0) is 14.6. The summed E-state index contributed by atoms with van der Waals surface area (Å²) in [6, 6.07) is 1.89. The third-order valence-electron chi connectivity index (χ3n) is 3.34. The molecule has 4 nitrogen and oxygen atoms in total. The summed E-state index contributed by atoms with van der Waals surface area (Å²) in [4.78, 5) is 1.10. The molecule has 1 aromatic rings. The molecule has 20 heavy (non-hydrogen) atoms. The first-order valence-electron chi connectivity index (χ1n) is 6.93. The van der Waals surface area contributed by atoms with Crippen LogP contribution in [0.15, 0.2) is 10.3 Å². The first-order valence-corrected chi connectivity index (χ1v) is 10.4. The highest BCUT2D eigenvalue weighted by atomic mass is 32.2. The van der Waals surface area contributed by atoms with E-state index in [0.29, 0.717) is 4.21 Å². The van der Waals surface area contributed by atoms with E-state index in [9.17, 15) is 8.42 Å². The number of rotatable bonds is 6. The molecule has 2 N–H and O–H groups in total. The summed E-state index contributed by atoms with van der Waals surface area (Å²) in [5.41, 5.74) is 1.05. The van der Waals surface area contributed by atoms with Crippen molar-refractivity contribution in [3.8, 4) is 0 Å². The highest BCUT2D eigenvalue weighted by Crippen LogP contribution is 2.27. The molecule has 0 unspecified atom stereocenters. The van der Waals surface area contributed by atoms with E-state index in [2.05, 4.69) is 10.0 Å². The summed E-state index contributed by atoms with van der Waals surface area (Å²) in [5, 5.41) is 3.24. The summed E-state index contributed by atoms with van der Waals surface area (Å²) in [6.07, 6.45) is 1.86. The smallest absolute Gasteiger partial charge is 0.250 e. The highest BCUT2D eigenvalue weighted by molar-refractivity contribution is 7.99. The minimum Gasteiger partial charge on any atom is -0.312 e. The minimum absolute atomic E-state index is 0.0980. The molecule has 1 saturated heterocycles. The van der Waals surface area contributed by atoms with E-state index in [4.69, 9.17) is 0 Å². The average molecular weight is 335 g/mol. The Hall–Kier alpha value is -0.0800. The van der Waals surface area contributed by atoms with Crippen LogP contribution in [0.25, 0.3) is 0 Å². The number of nitrogens with one attached hydrogen (secondary N) is 2. The maximum Gasteiger partial charge on any atom is 0.250 e. The van der Waals surface area contributed by atoms with Crippen molar-refractivity contribution in [1.82, 2.24) is 10.0 Å². The van der Waals surface area contributed by atoms with E-state index in [0.717, 1.165) is 47.9 Å². The van der Waals surface area contributed by atoms with Crippen LogP contribution in [0.2, 0.25) is 0 Å². The van der Waals surface area contributed by atoms with Crippen LogP contribution in [-0.4, -0.2) is 32.5 Å². The fourth-order valence-corrected chi connectivity index (χ4v) is 6.11. The van der Waals surface area contributed by atoms with Gasteiger partial charge in [-0.05, 0) is 49.4 Å². The zero-order valence-corrected chi connectivity index (χ0v) is 14.4. The summed E-state index contributed by atoms with van der Waals surface area (Å²) in [6.45, 7) is 5.64. The summed E-state index contributed by atoms with van der Waals surface area (Å²) in [7, 11) is -3.36. The lowest BCUT2D eigenvalue weighted by Gasteiger charge is -2.21. The lowest BCUT2D eigenvalue weighted by molar-refractivity contribution is 0.530. The molecule has 0 spiro atoms. The second-order valence-electron chi connectivity index (χ2n) is 4.96. The van der Waals surface area contributed by atoms with Crippen LogP contribution < -0.4 is 10.0 Å². The van der Waals surface area contributed by atoms with Gasteiger partial charge in [-0.15, -0.1) is 11.3 Å². The van der Waals surface area contributed by atoms with Crippen LogP contribution >= 0.6 is 23.1 Å². The highest BCUT2D eigenvalue weighted by Gasteiger charge is 2.24. The van der Waals surface area contributed by atoms with E-state index in [1.165, 1.54) is 11.3 Å². The number of sulfonamides is 1. The van der Waals surface area contributed by atoms with Crippen molar-refractivity contribution in [2.24, 2.45) is 0 Å². The van der Waals surface area contributed by atoms with Gasteiger partial charge in [-0.1, -0.05) is 6.92 Å². The van der Waals surface area contributed by atoms with Crippen LogP contribution in [0.4, 0.5) is 0 Å². The van der Waals surface area contributed by atoms with Gasteiger partial charge in [0.15, 0.2) is 0 Å². The third kappa shape index (κ3) is 4.21. The van der Waals surface area contributed by atoms with Gasteiger partial charge in [0, 0.05) is 17.5 Å². The molecule has 0 aliphatic carbocycles. The van der Waals surface area contributed by atoms with Crippen molar-refractivity contribution in [2.45, 2.75) is 43.5 Å². The second kappa shape index (κ2) is 7.26. The predicted molar refractivity (Wildman–Crippen MR) is 87.1 cm³/mol. The molecule has 2 heterocycles. The molecule has 0 amide bonds. The molecule has 114 valence electrons. The van der Waals surface area contributed by atoms with Gasteiger partial charge in [0.2, 0.25) is 10.0 Å². The summed E-state index contributed by atoms with van der Waals surface area (Å²) < 4.78 is 28.1. The van der Waals surface area contributed by atoms with Gasteiger partial charge in [0.1, 0.15) is 4.21 Å². The van der Waals surface area contributed by atoms with Gasteiger partial charge < -0.3 is 5.32 Å². The standard InChI is InChI=1S/C13H22N2O2S3/c1-3-14-9-12-10(2)8-13(19-12)20(16,17)15-11-4-6-18-7-5-11/h8,11,14-15H,3-7,9H2,1-2H3. The Kier molecular flexibility index (Phi) is 5.92. The molecule has 0 atom stereocenters. The average Bonchev–Trinajstić information content (AvgIpc) is 2.79. The molecular formula is C13H22N2O2S3. The fourth-order valence-electron chi connectivity index (χ4n) is 2.13. The van der Waals surface area contributed by atoms with Crippen LogP contribution in [0.5, 0.6) is 0 Å². The van der Waals surface area contributed by atoms with Gasteiger partial charge in [0.05, 0.1) is 0 Å².